The van der Waals surface area contributed by atoms with Gasteiger partial charge < -0.3 is 15.2 Å². The number of hydrogen-bond acceptors (Lipinski definition) is 2. The second kappa shape index (κ2) is 5.96. The van der Waals surface area contributed by atoms with Crippen molar-refractivity contribution in [1.82, 2.24) is 9.97 Å². The molecule has 0 atom stereocenters. The molecule has 0 saturated carbocycles. The zero-order valence-electron chi connectivity index (χ0n) is 6.40. The van der Waals surface area contributed by atoms with E-state index in [2.05, 4.69) is 16.5 Å². The first-order valence-electron chi connectivity index (χ1n) is 3.18. The topological polar surface area (TPSA) is 86.2 Å². The number of carboxylic acid groups (broad SMARTS) is 2. The third-order valence-electron chi connectivity index (χ3n) is 0.893. The summed E-state index contributed by atoms with van der Waals surface area (Å²) in [5, 5.41) is 13.9. The van der Waals surface area contributed by atoms with Gasteiger partial charge in [0, 0.05) is 18.8 Å². The average molecular weight is 170 g/mol. The fraction of sp³-hybridized carbons (Fsp3) is 0.143. The molecule has 12 heavy (non-hydrogen) atoms. The van der Waals surface area contributed by atoms with Crippen LogP contribution in [0.4, 0.5) is 4.79 Å². The largest absolute Gasteiger partial charge is 0.503 e. The van der Waals surface area contributed by atoms with Gasteiger partial charge in [0.25, 0.3) is 0 Å². The van der Waals surface area contributed by atoms with Gasteiger partial charge in [-0.1, -0.05) is 6.08 Å². The molecule has 5 heteroatoms. The molecule has 66 valence electrons. The molecule has 3 N–H and O–H groups in total. The minimum absolute atomic E-state index is 0.826. The molecule has 5 nitrogen and oxygen atoms in total. The van der Waals surface area contributed by atoms with Gasteiger partial charge in [0.15, 0.2) is 0 Å². The monoisotopic (exact) mass is 170 g/mol. The Balaban J connectivity index is 0.000000261. The fourth-order valence-electron chi connectivity index (χ4n) is 0.546. The number of H-pyrrole nitrogens is 1. The quantitative estimate of drug-likeness (QED) is 0.585. The fourth-order valence-corrected chi connectivity index (χ4v) is 0.546. The smallest absolute Gasteiger partial charge is 0.450 e. The third-order valence-corrected chi connectivity index (χ3v) is 0.893. The van der Waals surface area contributed by atoms with Gasteiger partial charge in [0.05, 0.1) is 0 Å². The molecule has 0 aromatic carbocycles. The molecule has 0 unspecified atom stereocenters. The lowest BCUT2D eigenvalue weighted by molar-refractivity contribution is 0.137. The van der Waals surface area contributed by atoms with E-state index in [1.165, 1.54) is 0 Å². The zero-order chi connectivity index (χ0) is 9.40. The van der Waals surface area contributed by atoms with Gasteiger partial charge in [-0.3, -0.25) is 0 Å². The van der Waals surface area contributed by atoms with Crippen LogP contribution in [0.2, 0.25) is 0 Å². The Morgan fingerprint density at radius 2 is 2.33 bits per heavy atom. The van der Waals surface area contributed by atoms with Crippen molar-refractivity contribution in [3.63, 3.8) is 0 Å². The Morgan fingerprint density at radius 1 is 1.75 bits per heavy atom. The molecular formula is C7H10N2O3. The van der Waals surface area contributed by atoms with E-state index in [-0.39, 0.29) is 0 Å². The van der Waals surface area contributed by atoms with E-state index in [0.29, 0.717) is 0 Å². The molecule has 0 saturated heterocycles. The molecule has 0 aliphatic carbocycles. The van der Waals surface area contributed by atoms with Crippen LogP contribution in [0.15, 0.2) is 25.0 Å². The standard InChI is InChI=1S/C6H8N2.CH2O3/c1-2-3-6-7-4-5-8-6;2-1(3)4/h2,4-5H,1,3H2,(H,7,8);(H2,2,3,4). The van der Waals surface area contributed by atoms with Crippen molar-refractivity contribution >= 4 is 6.16 Å². The van der Waals surface area contributed by atoms with Gasteiger partial charge in [-0.05, 0) is 0 Å². The highest BCUT2D eigenvalue weighted by Crippen LogP contribution is 1.88. The Bertz CT molecular complexity index is 227. The molecule has 0 aliphatic heterocycles. The van der Waals surface area contributed by atoms with Crippen molar-refractivity contribution in [3.05, 3.63) is 30.9 Å². The maximum atomic E-state index is 8.56. The van der Waals surface area contributed by atoms with Gasteiger partial charge in [0.1, 0.15) is 5.82 Å². The highest BCUT2D eigenvalue weighted by molar-refractivity contribution is 5.53. The lowest BCUT2D eigenvalue weighted by Crippen LogP contribution is -1.81. The molecule has 1 heterocycles. The molecule has 1 rings (SSSR count). The maximum absolute atomic E-state index is 8.56. The number of imidazole rings is 1. The van der Waals surface area contributed by atoms with Gasteiger partial charge in [-0.15, -0.1) is 6.58 Å². The SMILES string of the molecule is C=CCc1ncc[nH]1.O=C(O)O. The van der Waals surface area contributed by atoms with Crippen molar-refractivity contribution in [2.45, 2.75) is 6.42 Å². The van der Waals surface area contributed by atoms with E-state index in [1.54, 1.807) is 12.4 Å². The van der Waals surface area contributed by atoms with E-state index in [1.807, 2.05) is 6.08 Å². The summed E-state index contributed by atoms with van der Waals surface area (Å²) in [6.07, 6.45) is 4.35. The molecule has 0 bridgehead atoms. The Morgan fingerprint density at radius 3 is 2.67 bits per heavy atom. The highest BCUT2D eigenvalue weighted by Gasteiger charge is 1.85. The van der Waals surface area contributed by atoms with Crippen LogP contribution in [0, 0.1) is 0 Å². The molecule has 0 amide bonds. The number of nitrogens with one attached hydrogen (secondary N) is 1. The first-order chi connectivity index (χ1) is 5.66. The van der Waals surface area contributed by atoms with Crippen molar-refractivity contribution < 1.29 is 15.0 Å². The second-order valence-electron chi connectivity index (χ2n) is 1.81. The van der Waals surface area contributed by atoms with Gasteiger partial charge >= 0.3 is 6.16 Å². The zero-order valence-corrected chi connectivity index (χ0v) is 6.40. The van der Waals surface area contributed by atoms with Crippen molar-refractivity contribution in [2.75, 3.05) is 0 Å². The number of aromatic nitrogens is 2. The van der Waals surface area contributed by atoms with Crippen LogP contribution in [0.25, 0.3) is 0 Å². The second-order valence-corrected chi connectivity index (χ2v) is 1.81. The summed E-state index contributed by atoms with van der Waals surface area (Å²) in [6.45, 7) is 3.58. The number of allylic oxidation sites excluding steroid dienone is 1. The van der Waals surface area contributed by atoms with Crippen LogP contribution in [0.3, 0.4) is 0 Å². The Hall–Kier alpha value is -1.78. The van der Waals surface area contributed by atoms with E-state index in [9.17, 15) is 0 Å². The number of carbonyl (C=O) groups is 1. The first-order valence-corrected chi connectivity index (χ1v) is 3.18. The molecule has 0 aliphatic rings. The highest BCUT2D eigenvalue weighted by atomic mass is 16.6. The molecular weight excluding hydrogens is 160 g/mol. The number of aromatic amines is 1. The van der Waals surface area contributed by atoms with Gasteiger partial charge in [-0.25, -0.2) is 9.78 Å². The third kappa shape index (κ3) is 6.34. The van der Waals surface area contributed by atoms with Crippen LogP contribution in [0.5, 0.6) is 0 Å². The molecule has 0 fully saturated rings. The van der Waals surface area contributed by atoms with E-state index >= 15 is 0 Å². The summed E-state index contributed by atoms with van der Waals surface area (Å²) in [5.74, 6) is 0.972. The molecule has 0 spiro atoms. The lowest BCUT2D eigenvalue weighted by Gasteiger charge is -1.82. The van der Waals surface area contributed by atoms with E-state index in [0.717, 1.165) is 12.2 Å². The van der Waals surface area contributed by atoms with Gasteiger partial charge in [0.2, 0.25) is 0 Å². The maximum Gasteiger partial charge on any atom is 0.503 e. The van der Waals surface area contributed by atoms with Crippen LogP contribution >= 0.6 is 0 Å². The Labute approximate surface area is 69.4 Å². The van der Waals surface area contributed by atoms with Crippen LogP contribution < -0.4 is 0 Å². The molecule has 1 aromatic heterocycles. The van der Waals surface area contributed by atoms with E-state index in [4.69, 9.17) is 15.0 Å². The van der Waals surface area contributed by atoms with Crippen LogP contribution in [-0.2, 0) is 6.42 Å². The van der Waals surface area contributed by atoms with Crippen molar-refractivity contribution in [2.24, 2.45) is 0 Å². The van der Waals surface area contributed by atoms with Crippen molar-refractivity contribution in [1.29, 1.82) is 0 Å². The summed E-state index contributed by atoms with van der Waals surface area (Å²) in [5.41, 5.74) is 0. The molecule has 1 aromatic rings. The van der Waals surface area contributed by atoms with Crippen molar-refractivity contribution in [3.8, 4) is 0 Å². The predicted octanol–water partition coefficient (Wildman–Crippen LogP) is 1.36. The number of nitrogens with zero attached hydrogens (tertiary/aromatic N) is 1. The average Bonchev–Trinajstić information content (AvgIpc) is 2.39. The first kappa shape index (κ1) is 10.2. The number of hydrogen-bond donors (Lipinski definition) is 3. The summed E-state index contributed by atoms with van der Waals surface area (Å²) in [6, 6.07) is 0. The minimum Gasteiger partial charge on any atom is -0.450 e. The van der Waals surface area contributed by atoms with Crippen LogP contribution in [-0.4, -0.2) is 26.3 Å². The van der Waals surface area contributed by atoms with Crippen LogP contribution in [0.1, 0.15) is 5.82 Å². The van der Waals surface area contributed by atoms with Gasteiger partial charge in [-0.2, -0.15) is 0 Å². The normalized spacial score (nSPS) is 8.00. The summed E-state index contributed by atoms with van der Waals surface area (Å²) in [7, 11) is 0. The predicted molar refractivity (Wildman–Crippen MR) is 43.1 cm³/mol. The lowest BCUT2D eigenvalue weighted by atomic mass is 10.4. The minimum atomic E-state index is -1.83. The molecule has 0 radical (unpaired) electrons. The summed E-state index contributed by atoms with van der Waals surface area (Å²) < 4.78 is 0. The number of rotatable bonds is 2. The van der Waals surface area contributed by atoms with E-state index < -0.39 is 6.16 Å². The summed E-state index contributed by atoms with van der Waals surface area (Å²) >= 11 is 0. The summed E-state index contributed by atoms with van der Waals surface area (Å²) in [4.78, 5) is 15.5. The Kier molecular flexibility index (Phi) is 5.08.